The Hall–Kier alpha value is -2.01. The summed E-state index contributed by atoms with van der Waals surface area (Å²) in [4.78, 5) is 14.9. The molecule has 0 saturated carbocycles. The lowest BCUT2D eigenvalue weighted by molar-refractivity contribution is -0.00431. The van der Waals surface area contributed by atoms with E-state index in [1.54, 1.807) is 6.07 Å². The largest absolute Gasteiger partial charge is 0.457 e. The molecule has 3 heterocycles. The summed E-state index contributed by atoms with van der Waals surface area (Å²) in [6.07, 6.45) is 3.30. The molecule has 4 aliphatic rings. The third-order valence-corrected chi connectivity index (χ3v) is 5.66. The quantitative estimate of drug-likeness (QED) is 0.543. The Labute approximate surface area is 134 Å². The van der Waals surface area contributed by atoms with Gasteiger partial charge in [-0.25, -0.2) is 4.79 Å². The summed E-state index contributed by atoms with van der Waals surface area (Å²) >= 11 is 0. The van der Waals surface area contributed by atoms with Crippen LogP contribution in [0.1, 0.15) is 35.2 Å². The lowest BCUT2D eigenvalue weighted by Crippen LogP contribution is -2.48. The molecule has 23 heavy (non-hydrogen) atoms. The zero-order chi connectivity index (χ0) is 15.7. The number of carbonyl (C=O) groups is 1. The maximum Gasteiger partial charge on any atom is 0.338 e. The third kappa shape index (κ3) is 1.74. The molecule has 1 aliphatic carbocycles. The Morgan fingerprint density at radius 1 is 1.22 bits per heavy atom. The number of esters is 1. The summed E-state index contributed by atoms with van der Waals surface area (Å²) < 4.78 is 16.8. The number of nitrogens with zero attached hydrogens (tertiary/aromatic N) is 1. The fourth-order valence-electron chi connectivity index (χ4n) is 4.63. The van der Waals surface area contributed by atoms with Gasteiger partial charge < -0.3 is 14.2 Å². The van der Waals surface area contributed by atoms with Gasteiger partial charge in [-0.15, -0.1) is 0 Å². The van der Waals surface area contributed by atoms with E-state index in [0.29, 0.717) is 17.4 Å². The minimum Gasteiger partial charge on any atom is -0.457 e. The second-order valence-electron chi connectivity index (χ2n) is 6.96. The fourth-order valence-corrected chi connectivity index (χ4v) is 4.63. The average molecular weight is 313 g/mol. The summed E-state index contributed by atoms with van der Waals surface area (Å²) in [5, 5.41) is 0. The molecule has 1 fully saturated rings. The monoisotopic (exact) mass is 313 g/mol. The molecule has 0 unspecified atom stereocenters. The van der Waals surface area contributed by atoms with Crippen molar-refractivity contribution >= 4 is 5.97 Å². The minimum atomic E-state index is -0.246. The highest BCUT2D eigenvalue weighted by Gasteiger charge is 2.49. The maximum atomic E-state index is 12.5. The summed E-state index contributed by atoms with van der Waals surface area (Å²) in [6, 6.07) is 4.09. The maximum absolute atomic E-state index is 12.5. The molecule has 1 aromatic rings. The van der Waals surface area contributed by atoms with Crippen molar-refractivity contribution in [2.75, 3.05) is 20.4 Å². The van der Waals surface area contributed by atoms with Crippen LogP contribution in [0.2, 0.25) is 0 Å². The number of likely N-dealkylation sites (N-methyl/N-ethyl adjacent to an activating group) is 1. The molecule has 5 heteroatoms. The Kier molecular flexibility index (Phi) is 2.63. The van der Waals surface area contributed by atoms with E-state index in [9.17, 15) is 4.79 Å². The van der Waals surface area contributed by atoms with Gasteiger partial charge in [-0.3, -0.25) is 4.90 Å². The highest BCUT2D eigenvalue weighted by atomic mass is 16.7. The van der Waals surface area contributed by atoms with Crippen molar-refractivity contribution in [3.8, 4) is 11.5 Å². The molecule has 1 saturated heterocycles. The van der Waals surface area contributed by atoms with E-state index in [4.69, 9.17) is 14.2 Å². The highest BCUT2D eigenvalue weighted by molar-refractivity contribution is 5.94. The summed E-state index contributed by atoms with van der Waals surface area (Å²) in [7, 11) is 2.15. The second kappa shape index (κ2) is 4.51. The van der Waals surface area contributed by atoms with Crippen LogP contribution in [0.5, 0.6) is 11.5 Å². The van der Waals surface area contributed by atoms with Gasteiger partial charge in [0.25, 0.3) is 0 Å². The predicted octanol–water partition coefficient (Wildman–Crippen LogP) is 2.32. The van der Waals surface area contributed by atoms with Gasteiger partial charge in [-0.2, -0.15) is 0 Å². The lowest BCUT2D eigenvalue weighted by Gasteiger charge is -2.44. The van der Waals surface area contributed by atoms with Crippen molar-refractivity contribution in [2.24, 2.45) is 5.92 Å². The average Bonchev–Trinajstić information content (AvgIpc) is 3.13. The molecule has 0 N–H and O–H groups in total. The number of rotatable bonds is 0. The van der Waals surface area contributed by atoms with Crippen molar-refractivity contribution in [3.63, 3.8) is 0 Å². The summed E-state index contributed by atoms with van der Waals surface area (Å²) in [5.74, 6) is 1.53. The molecule has 120 valence electrons. The summed E-state index contributed by atoms with van der Waals surface area (Å²) in [5.41, 5.74) is 3.15. The number of benzene rings is 1. The Balaban J connectivity index is 1.70. The van der Waals surface area contributed by atoms with Crippen LogP contribution < -0.4 is 9.47 Å². The SMILES string of the molecule is C[C@@H]1C=C2CCN(C)[C@@H]2[C@H]2c3cc4c(cc3C(=O)O[C@H]21)OCO4. The molecule has 0 amide bonds. The first-order valence-electron chi connectivity index (χ1n) is 8.19. The molecule has 1 aromatic carbocycles. The molecule has 5 nitrogen and oxygen atoms in total. The molecular weight excluding hydrogens is 294 g/mol. The van der Waals surface area contributed by atoms with Gasteiger partial charge in [0.05, 0.1) is 5.56 Å². The number of hydrogen-bond donors (Lipinski definition) is 0. The van der Waals surface area contributed by atoms with Gasteiger partial charge in [-0.1, -0.05) is 18.6 Å². The van der Waals surface area contributed by atoms with Gasteiger partial charge in [0.15, 0.2) is 11.5 Å². The van der Waals surface area contributed by atoms with Crippen molar-refractivity contribution in [3.05, 3.63) is 34.9 Å². The molecule has 3 aliphatic heterocycles. The molecule has 0 radical (unpaired) electrons. The second-order valence-corrected chi connectivity index (χ2v) is 6.96. The van der Waals surface area contributed by atoms with Crippen molar-refractivity contribution in [2.45, 2.75) is 31.4 Å². The van der Waals surface area contributed by atoms with E-state index < -0.39 is 0 Å². The van der Waals surface area contributed by atoms with E-state index >= 15 is 0 Å². The Morgan fingerprint density at radius 2 is 2.00 bits per heavy atom. The van der Waals surface area contributed by atoms with Crippen molar-refractivity contribution in [1.82, 2.24) is 4.90 Å². The van der Waals surface area contributed by atoms with Crippen LogP contribution in [0.25, 0.3) is 0 Å². The van der Waals surface area contributed by atoms with Crippen molar-refractivity contribution < 1.29 is 19.0 Å². The van der Waals surface area contributed by atoms with E-state index in [1.807, 2.05) is 6.07 Å². The Bertz CT molecular complexity index is 741. The van der Waals surface area contributed by atoms with Gasteiger partial charge in [0.2, 0.25) is 6.79 Å². The Morgan fingerprint density at radius 3 is 2.83 bits per heavy atom. The topological polar surface area (TPSA) is 48.0 Å². The minimum absolute atomic E-state index is 0.107. The first-order valence-corrected chi connectivity index (χ1v) is 8.19. The highest BCUT2D eigenvalue weighted by Crippen LogP contribution is 2.50. The number of ether oxygens (including phenoxy) is 3. The van der Waals surface area contributed by atoms with E-state index in [1.165, 1.54) is 5.57 Å². The summed E-state index contributed by atoms with van der Waals surface area (Å²) in [6.45, 7) is 3.41. The van der Waals surface area contributed by atoms with E-state index in [-0.39, 0.29) is 30.7 Å². The van der Waals surface area contributed by atoms with Crippen LogP contribution >= 0.6 is 0 Å². The number of likely N-dealkylation sites (tertiary alicyclic amines) is 1. The normalized spacial score (nSPS) is 34.3. The van der Waals surface area contributed by atoms with Crippen LogP contribution in [0.15, 0.2) is 23.8 Å². The molecular formula is C18H19NO4. The van der Waals surface area contributed by atoms with Gasteiger partial charge in [-0.05, 0) is 31.2 Å². The van der Waals surface area contributed by atoms with Crippen LogP contribution in [-0.2, 0) is 4.74 Å². The van der Waals surface area contributed by atoms with Gasteiger partial charge in [0.1, 0.15) is 6.10 Å². The van der Waals surface area contributed by atoms with E-state index in [2.05, 4.69) is 24.9 Å². The predicted molar refractivity (Wildman–Crippen MR) is 82.8 cm³/mol. The third-order valence-electron chi connectivity index (χ3n) is 5.66. The smallest absolute Gasteiger partial charge is 0.338 e. The first-order chi connectivity index (χ1) is 11.1. The van der Waals surface area contributed by atoms with Crippen LogP contribution in [0, 0.1) is 5.92 Å². The number of hydrogen-bond acceptors (Lipinski definition) is 5. The van der Waals surface area contributed by atoms with Crippen molar-refractivity contribution in [1.29, 1.82) is 0 Å². The van der Waals surface area contributed by atoms with Crippen LogP contribution in [0.3, 0.4) is 0 Å². The van der Waals surface area contributed by atoms with Crippen LogP contribution in [0.4, 0.5) is 0 Å². The van der Waals surface area contributed by atoms with Gasteiger partial charge >= 0.3 is 5.97 Å². The lowest BCUT2D eigenvalue weighted by atomic mass is 9.71. The van der Waals surface area contributed by atoms with E-state index in [0.717, 1.165) is 24.3 Å². The molecule has 0 aromatic heterocycles. The fraction of sp³-hybridized carbons (Fsp3) is 0.500. The standard InChI is InChI=1S/C18H19NO4/c1-9-5-10-3-4-19(2)16(10)15-11-6-13-14(22-8-21-13)7-12(11)18(20)23-17(9)15/h5-7,9,15-17H,3-4,8H2,1-2H3/t9-,15-,16+,17+/m1/s1. The van der Waals surface area contributed by atoms with Gasteiger partial charge in [0, 0.05) is 24.4 Å². The number of carbonyl (C=O) groups excluding carboxylic acids is 1. The first kappa shape index (κ1) is 13.4. The molecule has 5 rings (SSSR count). The zero-order valence-electron chi connectivity index (χ0n) is 13.2. The molecule has 0 spiro atoms. The molecule has 4 atom stereocenters. The number of fused-ring (bicyclic) bond motifs is 6. The van der Waals surface area contributed by atoms with Crippen LogP contribution in [-0.4, -0.2) is 43.4 Å². The molecule has 0 bridgehead atoms. The zero-order valence-corrected chi connectivity index (χ0v) is 13.2.